The minimum Gasteiger partial charge on any atom is -0.478 e. The minimum atomic E-state index is -1.58. The summed E-state index contributed by atoms with van der Waals surface area (Å²) in [5.74, 6) is -5.71. The number of rotatable bonds is 5. The van der Waals surface area contributed by atoms with Crippen LogP contribution in [-0.4, -0.2) is 51.6 Å². The fourth-order valence-electron chi connectivity index (χ4n) is 2.70. The number of carboxylic acid groups (broad SMARTS) is 1. The van der Waals surface area contributed by atoms with Crippen molar-refractivity contribution in [2.45, 2.75) is 79.1 Å². The van der Waals surface area contributed by atoms with E-state index in [9.17, 15) is 24.3 Å². The molecule has 10 heteroatoms. The molecule has 182 valence electrons. The van der Waals surface area contributed by atoms with Crippen molar-refractivity contribution in [1.82, 2.24) is 0 Å². The van der Waals surface area contributed by atoms with Gasteiger partial charge < -0.3 is 25.1 Å². The van der Waals surface area contributed by atoms with E-state index in [0.29, 0.717) is 0 Å². The number of nitrogen functional groups attached to an aromatic ring is 1. The number of carboxylic acids is 1. The van der Waals surface area contributed by atoms with Gasteiger partial charge in [0.2, 0.25) is 0 Å². The fourth-order valence-corrected chi connectivity index (χ4v) is 2.70. The van der Waals surface area contributed by atoms with E-state index in [2.05, 4.69) is 0 Å². The monoisotopic (exact) mass is 464 g/mol. The number of amidine groups is 1. The van der Waals surface area contributed by atoms with Crippen LogP contribution in [0.2, 0.25) is 0 Å². The van der Waals surface area contributed by atoms with Crippen LogP contribution < -0.4 is 5.73 Å². The highest BCUT2D eigenvalue weighted by molar-refractivity contribution is 6.19. The first-order valence-electron chi connectivity index (χ1n) is 10.1. The normalized spacial score (nSPS) is 12.0. The van der Waals surface area contributed by atoms with E-state index in [-0.39, 0.29) is 0 Å². The molecular formula is C23H32N2O8. The summed E-state index contributed by atoms with van der Waals surface area (Å²) >= 11 is 0. The van der Waals surface area contributed by atoms with E-state index in [1.165, 1.54) is 0 Å². The lowest BCUT2D eigenvalue weighted by Crippen LogP contribution is -2.34. The van der Waals surface area contributed by atoms with Gasteiger partial charge in [-0.15, -0.1) is 0 Å². The van der Waals surface area contributed by atoms with E-state index in [4.69, 9.17) is 25.4 Å². The Morgan fingerprint density at radius 2 is 1.06 bits per heavy atom. The molecule has 0 radical (unpaired) electrons. The highest BCUT2D eigenvalue weighted by Gasteiger charge is 2.37. The Morgan fingerprint density at radius 3 is 1.39 bits per heavy atom. The van der Waals surface area contributed by atoms with Gasteiger partial charge in [-0.1, -0.05) is 0 Å². The molecule has 0 unspecified atom stereocenters. The topological polar surface area (TPSA) is 166 Å². The maximum Gasteiger partial charge on any atom is 0.340 e. The lowest BCUT2D eigenvalue weighted by atomic mass is 9.90. The quantitative estimate of drug-likeness (QED) is 0.255. The first-order chi connectivity index (χ1) is 14.6. The molecule has 0 aliphatic carbocycles. The summed E-state index contributed by atoms with van der Waals surface area (Å²) < 4.78 is 16.1. The lowest BCUT2D eigenvalue weighted by molar-refractivity contribution is -0.000176. The summed E-state index contributed by atoms with van der Waals surface area (Å²) in [4.78, 5) is 51.4. The smallest absolute Gasteiger partial charge is 0.340 e. The van der Waals surface area contributed by atoms with Crippen LogP contribution in [0, 0.1) is 5.41 Å². The highest BCUT2D eigenvalue weighted by Crippen LogP contribution is 2.30. The first-order valence-corrected chi connectivity index (χ1v) is 10.1. The summed E-state index contributed by atoms with van der Waals surface area (Å²) in [7, 11) is 0. The Morgan fingerprint density at radius 1 is 0.697 bits per heavy atom. The van der Waals surface area contributed by atoms with Crippen LogP contribution in [0.3, 0.4) is 0 Å². The van der Waals surface area contributed by atoms with Crippen molar-refractivity contribution in [3.05, 3.63) is 33.9 Å². The van der Waals surface area contributed by atoms with Gasteiger partial charge in [-0.05, 0) is 68.4 Å². The van der Waals surface area contributed by atoms with Crippen LogP contribution in [-0.2, 0) is 14.2 Å². The molecule has 0 saturated carbocycles. The van der Waals surface area contributed by atoms with E-state index < -0.39 is 74.3 Å². The van der Waals surface area contributed by atoms with E-state index >= 15 is 0 Å². The molecule has 0 spiro atoms. The Bertz CT molecular complexity index is 1010. The Labute approximate surface area is 192 Å². The Balaban J connectivity index is 4.18. The van der Waals surface area contributed by atoms with Gasteiger partial charge in [0, 0.05) is 5.56 Å². The molecule has 1 rings (SSSR count). The summed E-state index contributed by atoms with van der Waals surface area (Å²) in [5.41, 5.74) is -0.453. The van der Waals surface area contributed by atoms with E-state index in [1.807, 2.05) is 0 Å². The number of nitrogens with one attached hydrogen (secondary N) is 1. The number of benzene rings is 1. The van der Waals surface area contributed by atoms with Crippen molar-refractivity contribution in [1.29, 1.82) is 5.41 Å². The number of nitrogens with two attached hydrogens (primary N) is 1. The van der Waals surface area contributed by atoms with Gasteiger partial charge >= 0.3 is 23.9 Å². The van der Waals surface area contributed by atoms with Gasteiger partial charge in [-0.3, -0.25) is 5.41 Å². The molecule has 0 aromatic heterocycles. The molecule has 0 aliphatic rings. The minimum absolute atomic E-state index is 0.526. The van der Waals surface area contributed by atoms with Gasteiger partial charge in [0.1, 0.15) is 22.6 Å². The van der Waals surface area contributed by atoms with Gasteiger partial charge in [0.25, 0.3) is 0 Å². The number of carbonyl (C=O) groups excluding carboxylic acids is 3. The molecule has 10 nitrogen and oxygen atoms in total. The zero-order valence-electron chi connectivity index (χ0n) is 20.5. The third kappa shape index (κ3) is 7.58. The predicted molar refractivity (Wildman–Crippen MR) is 120 cm³/mol. The van der Waals surface area contributed by atoms with Crippen molar-refractivity contribution < 1.29 is 38.5 Å². The molecule has 0 heterocycles. The van der Waals surface area contributed by atoms with Crippen molar-refractivity contribution in [3.63, 3.8) is 0 Å². The third-order valence-electron chi connectivity index (χ3n) is 3.65. The third-order valence-corrected chi connectivity index (χ3v) is 3.65. The Hall–Kier alpha value is -3.43. The fraction of sp³-hybridized carbons (Fsp3) is 0.522. The van der Waals surface area contributed by atoms with Crippen LogP contribution in [0.1, 0.15) is 109 Å². The molecule has 0 amide bonds. The largest absolute Gasteiger partial charge is 0.478 e. The van der Waals surface area contributed by atoms with Gasteiger partial charge in [0.15, 0.2) is 0 Å². The molecular weight excluding hydrogens is 432 g/mol. The first kappa shape index (κ1) is 27.6. The molecule has 0 saturated heterocycles. The second-order valence-corrected chi connectivity index (χ2v) is 10.3. The molecule has 1 aromatic carbocycles. The molecule has 4 N–H and O–H groups in total. The Kier molecular flexibility index (Phi) is 7.70. The lowest BCUT2D eigenvalue weighted by Gasteiger charge is -2.26. The zero-order valence-corrected chi connectivity index (χ0v) is 20.5. The van der Waals surface area contributed by atoms with Crippen LogP contribution >= 0.6 is 0 Å². The maximum atomic E-state index is 13.2. The van der Waals surface area contributed by atoms with Gasteiger partial charge in [-0.2, -0.15) is 0 Å². The molecule has 0 bridgehead atoms. The maximum absolute atomic E-state index is 13.2. The summed E-state index contributed by atoms with van der Waals surface area (Å²) in [6.45, 7) is 14.1. The molecule has 1 aromatic rings. The van der Waals surface area contributed by atoms with E-state index in [0.717, 1.165) is 6.07 Å². The summed E-state index contributed by atoms with van der Waals surface area (Å²) in [5, 5.41) is 17.6. The van der Waals surface area contributed by atoms with E-state index in [1.54, 1.807) is 62.3 Å². The van der Waals surface area contributed by atoms with Gasteiger partial charge in [-0.25, -0.2) is 19.2 Å². The standard InChI is InChI=1S/C23H32N2O8/c1-21(2,3)31-18(28)12-10-11(17(26)27)13(16(24)25)15(20(30)33-23(7,8)9)14(12)19(29)32-22(4,5)6/h10H,1-9H3,(H3,24,25)(H,26,27). The molecule has 0 aliphatic heterocycles. The summed E-state index contributed by atoms with van der Waals surface area (Å²) in [6, 6.07) is 0.847. The second kappa shape index (κ2) is 9.21. The van der Waals surface area contributed by atoms with Crippen LogP contribution in [0.15, 0.2) is 6.07 Å². The number of aromatic carboxylic acids is 1. The van der Waals surface area contributed by atoms with Crippen LogP contribution in [0.4, 0.5) is 0 Å². The molecule has 0 atom stereocenters. The van der Waals surface area contributed by atoms with Crippen molar-refractivity contribution in [2.75, 3.05) is 0 Å². The number of esters is 3. The average Bonchev–Trinajstić information content (AvgIpc) is 2.54. The SMILES string of the molecule is CC(C)(C)OC(=O)c1cc(C(=O)O)c(C(=N)N)c(C(=O)OC(C)(C)C)c1C(=O)OC(C)(C)C. The highest BCUT2D eigenvalue weighted by atomic mass is 16.6. The predicted octanol–water partition coefficient (Wildman–Crippen LogP) is 3.53. The van der Waals surface area contributed by atoms with Crippen molar-refractivity contribution in [3.8, 4) is 0 Å². The average molecular weight is 465 g/mol. The molecule has 33 heavy (non-hydrogen) atoms. The second-order valence-electron chi connectivity index (χ2n) is 10.3. The van der Waals surface area contributed by atoms with Gasteiger partial charge in [0.05, 0.1) is 22.3 Å². The van der Waals surface area contributed by atoms with Crippen molar-refractivity contribution in [2.24, 2.45) is 5.73 Å². The van der Waals surface area contributed by atoms with Crippen molar-refractivity contribution >= 4 is 29.7 Å². The number of ether oxygens (including phenoxy) is 3. The number of carbonyl (C=O) groups is 4. The zero-order chi connectivity index (χ0) is 26.1. The summed E-state index contributed by atoms with van der Waals surface area (Å²) in [6.07, 6.45) is 0. The van der Waals surface area contributed by atoms with Crippen LogP contribution in [0.5, 0.6) is 0 Å². The number of hydrogen-bond acceptors (Lipinski definition) is 8. The molecule has 0 fully saturated rings. The number of hydrogen-bond donors (Lipinski definition) is 3. The van der Waals surface area contributed by atoms with Crippen LogP contribution in [0.25, 0.3) is 0 Å².